The first-order chi connectivity index (χ1) is 11.3. The van der Waals surface area contributed by atoms with Gasteiger partial charge in [0.1, 0.15) is 0 Å². The SMILES string of the molecule is CC(C)[n+]1ccccc1.O=S(=O)([O-])C(F)(F)C(F)(F)C(F)(F)C(F)(F)F. The maximum atomic E-state index is 12.2. The molecule has 14 heteroatoms. The Bertz CT molecular complexity index is 688. The van der Waals surface area contributed by atoms with Gasteiger partial charge in [0, 0.05) is 12.1 Å². The van der Waals surface area contributed by atoms with E-state index < -0.39 is 33.4 Å². The van der Waals surface area contributed by atoms with E-state index in [1.807, 2.05) is 18.2 Å². The van der Waals surface area contributed by atoms with Crippen LogP contribution in [0.25, 0.3) is 0 Å². The van der Waals surface area contributed by atoms with Gasteiger partial charge < -0.3 is 4.55 Å². The lowest BCUT2D eigenvalue weighted by molar-refractivity contribution is -0.716. The second-order valence-corrected chi connectivity index (χ2v) is 6.45. The molecule has 4 nitrogen and oxygen atoms in total. The summed E-state index contributed by atoms with van der Waals surface area (Å²) in [5.41, 5.74) is 0. The third kappa shape index (κ3) is 4.78. The maximum Gasteiger partial charge on any atom is 0.460 e. The van der Waals surface area contributed by atoms with Gasteiger partial charge in [0.25, 0.3) is 0 Å². The summed E-state index contributed by atoms with van der Waals surface area (Å²) in [6.07, 6.45) is -3.01. The second kappa shape index (κ2) is 7.58. The largest absolute Gasteiger partial charge is 0.743 e. The zero-order chi connectivity index (χ0) is 21.2. The van der Waals surface area contributed by atoms with Crippen molar-refractivity contribution in [3.8, 4) is 0 Å². The van der Waals surface area contributed by atoms with Gasteiger partial charge in [0.2, 0.25) is 0 Å². The van der Waals surface area contributed by atoms with Crippen LogP contribution in [-0.2, 0) is 10.1 Å². The number of alkyl halides is 9. The zero-order valence-electron chi connectivity index (χ0n) is 12.9. The van der Waals surface area contributed by atoms with Gasteiger partial charge in [-0.1, -0.05) is 6.07 Å². The molecule has 1 rings (SSSR count). The van der Waals surface area contributed by atoms with E-state index in [-0.39, 0.29) is 0 Å². The number of hydrogen-bond acceptors (Lipinski definition) is 3. The molecule has 0 fully saturated rings. The maximum absolute atomic E-state index is 12.2. The van der Waals surface area contributed by atoms with Crippen molar-refractivity contribution in [3.63, 3.8) is 0 Å². The first kappa shape index (κ1) is 24.4. The Balaban J connectivity index is 0.000000577. The summed E-state index contributed by atoms with van der Waals surface area (Å²) in [4.78, 5) is 0. The molecule has 1 heterocycles. The minimum Gasteiger partial charge on any atom is -0.743 e. The molecule has 0 aliphatic rings. The molecule has 0 aliphatic carbocycles. The number of hydrogen-bond donors (Lipinski definition) is 0. The molecule has 1 aromatic rings. The molecule has 0 unspecified atom stereocenters. The van der Waals surface area contributed by atoms with Crippen LogP contribution in [0.15, 0.2) is 30.6 Å². The summed E-state index contributed by atoms with van der Waals surface area (Å²) in [6, 6.07) is 6.69. The third-order valence-electron chi connectivity index (χ3n) is 2.76. The smallest absolute Gasteiger partial charge is 0.460 e. The molecular weight excluding hydrogens is 409 g/mol. The number of nitrogens with zero attached hydrogens (tertiary/aromatic N) is 1. The minimum atomic E-state index is -7.43. The summed E-state index contributed by atoms with van der Waals surface area (Å²) in [6.45, 7) is 4.33. The van der Waals surface area contributed by atoms with E-state index in [0.717, 1.165) is 0 Å². The van der Waals surface area contributed by atoms with Crippen LogP contribution in [-0.4, -0.2) is 36.2 Å². The number of pyridine rings is 1. The highest BCUT2D eigenvalue weighted by Crippen LogP contribution is 2.54. The quantitative estimate of drug-likeness (QED) is 0.425. The van der Waals surface area contributed by atoms with Crippen LogP contribution in [0, 0.1) is 0 Å². The standard InChI is InChI=1S/C8H12N.C4HF9O3S/c1-8(2)9-6-4-3-5-7-9;5-1(6,3(9,10)11)2(7,8)4(12,13)17(14,15)16/h3-8H,1-2H3;(H,14,15,16)/q+1;/p-1. The molecule has 152 valence electrons. The highest BCUT2D eigenvalue weighted by Gasteiger charge is 2.83. The van der Waals surface area contributed by atoms with E-state index in [1.165, 1.54) is 0 Å². The van der Waals surface area contributed by atoms with Gasteiger partial charge in [-0.05, 0) is 13.8 Å². The van der Waals surface area contributed by atoms with E-state index in [1.54, 1.807) is 0 Å². The summed E-state index contributed by atoms with van der Waals surface area (Å²) < 4.78 is 138. The number of aromatic nitrogens is 1. The van der Waals surface area contributed by atoms with Gasteiger partial charge in [0.05, 0.1) is 0 Å². The van der Waals surface area contributed by atoms with Gasteiger partial charge in [-0.25, -0.2) is 13.0 Å². The molecule has 26 heavy (non-hydrogen) atoms. The van der Waals surface area contributed by atoms with Crippen LogP contribution < -0.4 is 4.57 Å². The van der Waals surface area contributed by atoms with Gasteiger partial charge in [0.15, 0.2) is 28.6 Å². The molecule has 0 atom stereocenters. The Morgan fingerprint density at radius 3 is 1.42 bits per heavy atom. The summed E-state index contributed by atoms with van der Waals surface area (Å²) in [5.74, 6) is -14.8. The lowest BCUT2D eigenvalue weighted by atomic mass is 10.1. The fraction of sp³-hybridized carbons (Fsp3) is 0.583. The Morgan fingerprint density at radius 2 is 1.19 bits per heavy atom. The van der Waals surface area contributed by atoms with E-state index in [2.05, 4.69) is 30.8 Å². The van der Waals surface area contributed by atoms with E-state index in [4.69, 9.17) is 0 Å². The van der Waals surface area contributed by atoms with Crippen LogP contribution >= 0.6 is 0 Å². The molecule has 0 saturated carbocycles. The predicted molar refractivity (Wildman–Crippen MR) is 67.6 cm³/mol. The third-order valence-corrected chi connectivity index (χ3v) is 3.65. The number of halogens is 9. The predicted octanol–water partition coefficient (Wildman–Crippen LogP) is 3.51. The Hall–Kier alpha value is -1.57. The van der Waals surface area contributed by atoms with Gasteiger partial charge in [-0.2, -0.15) is 39.5 Å². The first-order valence-electron chi connectivity index (χ1n) is 6.42. The van der Waals surface area contributed by atoms with Crippen molar-refractivity contribution >= 4 is 10.1 Å². The molecular formula is C12H12F9NO3S. The average molecular weight is 421 g/mol. The van der Waals surface area contributed by atoms with Gasteiger partial charge in [-0.3, -0.25) is 0 Å². The molecule has 0 saturated heterocycles. The topological polar surface area (TPSA) is 61.1 Å². The average Bonchev–Trinajstić information content (AvgIpc) is 2.46. The van der Waals surface area contributed by atoms with Crippen molar-refractivity contribution in [2.75, 3.05) is 0 Å². The van der Waals surface area contributed by atoms with Crippen LogP contribution in [0.4, 0.5) is 39.5 Å². The van der Waals surface area contributed by atoms with Crippen LogP contribution in [0.1, 0.15) is 19.9 Å². The molecule has 0 N–H and O–H groups in total. The first-order valence-corrected chi connectivity index (χ1v) is 7.83. The van der Waals surface area contributed by atoms with Crippen LogP contribution in [0.5, 0.6) is 0 Å². The molecule has 0 amide bonds. The van der Waals surface area contributed by atoms with Crippen molar-refractivity contribution in [1.82, 2.24) is 0 Å². The Kier molecular flexibility index (Phi) is 7.12. The van der Waals surface area contributed by atoms with Gasteiger partial charge >= 0.3 is 23.3 Å². The molecule has 0 aromatic carbocycles. The molecule has 0 spiro atoms. The normalized spacial score (nSPS) is 14.0. The zero-order valence-corrected chi connectivity index (χ0v) is 13.8. The molecule has 0 aliphatic heterocycles. The summed E-state index contributed by atoms with van der Waals surface area (Å²) >= 11 is 0. The lowest BCUT2D eigenvalue weighted by Gasteiger charge is -2.34. The minimum absolute atomic E-state index is 0.575. The highest BCUT2D eigenvalue weighted by molar-refractivity contribution is 7.86. The molecule has 0 bridgehead atoms. The second-order valence-electron chi connectivity index (χ2n) is 5.03. The fourth-order valence-electron chi connectivity index (χ4n) is 1.27. The summed E-state index contributed by atoms with van der Waals surface area (Å²) in [5, 5.41) is -7.11. The molecule has 0 radical (unpaired) electrons. The monoisotopic (exact) mass is 421 g/mol. The Labute approximate surface area is 142 Å². The van der Waals surface area contributed by atoms with Crippen LogP contribution in [0.2, 0.25) is 0 Å². The van der Waals surface area contributed by atoms with Crippen molar-refractivity contribution < 1.29 is 57.1 Å². The van der Waals surface area contributed by atoms with Crippen molar-refractivity contribution in [2.45, 2.75) is 43.2 Å². The summed E-state index contributed by atoms with van der Waals surface area (Å²) in [7, 11) is -7.42. The number of rotatable bonds is 4. The van der Waals surface area contributed by atoms with E-state index >= 15 is 0 Å². The van der Waals surface area contributed by atoms with E-state index in [9.17, 15) is 52.5 Å². The van der Waals surface area contributed by atoms with Crippen molar-refractivity contribution in [1.29, 1.82) is 0 Å². The fourth-order valence-corrected chi connectivity index (χ4v) is 1.72. The van der Waals surface area contributed by atoms with Crippen molar-refractivity contribution in [2.24, 2.45) is 0 Å². The highest BCUT2D eigenvalue weighted by atomic mass is 32.2. The Morgan fingerprint density at radius 1 is 0.808 bits per heavy atom. The van der Waals surface area contributed by atoms with Gasteiger partial charge in [-0.15, -0.1) is 0 Å². The van der Waals surface area contributed by atoms with E-state index in [0.29, 0.717) is 6.04 Å². The lowest BCUT2D eigenvalue weighted by Crippen LogP contribution is -2.63. The van der Waals surface area contributed by atoms with Crippen molar-refractivity contribution in [3.05, 3.63) is 30.6 Å². The molecule has 1 aromatic heterocycles. The van der Waals surface area contributed by atoms with Crippen LogP contribution in [0.3, 0.4) is 0 Å².